The Morgan fingerprint density at radius 2 is 1.85 bits per heavy atom. The number of nitrogens with zero attached hydrogens (tertiary/aromatic N) is 1. The highest BCUT2D eigenvalue weighted by atomic mass is 127. The minimum absolute atomic E-state index is 0. The topological polar surface area (TPSA) is 64.1 Å². The highest BCUT2D eigenvalue weighted by molar-refractivity contribution is 14.0. The maximum absolute atomic E-state index is 5.60. The largest absolute Gasteiger partial charge is 0.382 e. The summed E-state index contributed by atoms with van der Waals surface area (Å²) in [6.45, 7) is 5.30. The molecule has 1 aromatic carbocycles. The summed E-state index contributed by atoms with van der Waals surface area (Å²) in [6.07, 6.45) is 2.98. The van der Waals surface area contributed by atoms with Gasteiger partial charge in [-0.1, -0.05) is 30.3 Å². The summed E-state index contributed by atoms with van der Waals surface area (Å²) >= 11 is 0. The Morgan fingerprint density at radius 3 is 2.52 bits per heavy atom. The number of rotatable bonds is 10. The number of halogens is 1. The SMILES string of the molecule is CN=C(NCCCOCCOC)NCC1(c2ccccc2)CCOCC1.I. The Hall–Kier alpha value is -0.900. The molecule has 1 saturated heterocycles. The Labute approximate surface area is 180 Å². The van der Waals surface area contributed by atoms with Crippen molar-refractivity contribution in [1.82, 2.24) is 10.6 Å². The molecule has 154 valence electrons. The van der Waals surface area contributed by atoms with E-state index in [1.807, 2.05) is 7.05 Å². The molecule has 1 aliphatic heterocycles. The second-order valence-corrected chi connectivity index (χ2v) is 6.57. The van der Waals surface area contributed by atoms with E-state index in [1.165, 1.54) is 5.56 Å². The average molecular weight is 491 g/mol. The van der Waals surface area contributed by atoms with Gasteiger partial charge in [-0.15, -0.1) is 24.0 Å². The van der Waals surface area contributed by atoms with E-state index < -0.39 is 0 Å². The zero-order valence-corrected chi connectivity index (χ0v) is 18.9. The normalized spacial score (nSPS) is 16.4. The molecule has 1 fully saturated rings. The zero-order valence-electron chi connectivity index (χ0n) is 16.5. The summed E-state index contributed by atoms with van der Waals surface area (Å²) in [5.74, 6) is 0.837. The first-order chi connectivity index (χ1) is 12.8. The van der Waals surface area contributed by atoms with Crippen LogP contribution in [0.4, 0.5) is 0 Å². The van der Waals surface area contributed by atoms with Gasteiger partial charge in [-0.3, -0.25) is 4.99 Å². The average Bonchev–Trinajstić information content (AvgIpc) is 2.71. The van der Waals surface area contributed by atoms with Crippen molar-refractivity contribution in [2.45, 2.75) is 24.7 Å². The van der Waals surface area contributed by atoms with Crippen LogP contribution in [-0.4, -0.2) is 66.2 Å². The Balaban J connectivity index is 0.00000364. The van der Waals surface area contributed by atoms with Crippen LogP contribution in [0.5, 0.6) is 0 Å². The molecule has 27 heavy (non-hydrogen) atoms. The van der Waals surface area contributed by atoms with Gasteiger partial charge in [-0.05, 0) is 24.8 Å². The predicted octanol–water partition coefficient (Wildman–Crippen LogP) is 2.57. The highest BCUT2D eigenvalue weighted by Crippen LogP contribution is 2.34. The lowest BCUT2D eigenvalue weighted by Gasteiger charge is -2.38. The maximum Gasteiger partial charge on any atom is 0.191 e. The molecule has 1 aromatic rings. The van der Waals surface area contributed by atoms with Gasteiger partial charge >= 0.3 is 0 Å². The summed E-state index contributed by atoms with van der Waals surface area (Å²) in [6, 6.07) is 10.7. The molecule has 0 radical (unpaired) electrons. The van der Waals surface area contributed by atoms with Gasteiger partial charge in [0.1, 0.15) is 0 Å². The molecule has 0 atom stereocenters. The first kappa shape index (κ1) is 24.1. The third kappa shape index (κ3) is 8.33. The van der Waals surface area contributed by atoms with Crippen molar-refractivity contribution in [3.63, 3.8) is 0 Å². The van der Waals surface area contributed by atoms with Crippen LogP contribution >= 0.6 is 24.0 Å². The summed E-state index contributed by atoms with van der Waals surface area (Å²) < 4.78 is 16.0. The van der Waals surface area contributed by atoms with Crippen LogP contribution in [0, 0.1) is 0 Å². The number of hydrogen-bond donors (Lipinski definition) is 2. The lowest BCUT2D eigenvalue weighted by Crippen LogP contribution is -2.48. The fraction of sp³-hybridized carbons (Fsp3) is 0.650. The number of aliphatic imine (C=N–C) groups is 1. The standard InChI is InChI=1S/C20H33N3O3.HI/c1-21-19(22-11-6-12-25-16-15-24-2)23-17-20(9-13-26-14-10-20)18-7-4-3-5-8-18;/h3-5,7-8H,6,9-17H2,1-2H3,(H2,21,22,23);1H. The fourth-order valence-electron chi connectivity index (χ4n) is 3.22. The molecule has 0 aliphatic carbocycles. The van der Waals surface area contributed by atoms with Gasteiger partial charge in [-0.25, -0.2) is 0 Å². The van der Waals surface area contributed by atoms with Crippen LogP contribution < -0.4 is 10.6 Å². The number of methoxy groups -OCH3 is 1. The predicted molar refractivity (Wildman–Crippen MR) is 120 cm³/mol. The van der Waals surface area contributed by atoms with Gasteiger partial charge in [0.05, 0.1) is 13.2 Å². The molecule has 2 N–H and O–H groups in total. The van der Waals surface area contributed by atoms with E-state index in [-0.39, 0.29) is 29.4 Å². The molecule has 6 nitrogen and oxygen atoms in total. The van der Waals surface area contributed by atoms with Crippen molar-refractivity contribution in [1.29, 1.82) is 0 Å². The van der Waals surface area contributed by atoms with Crippen molar-refractivity contribution in [3.05, 3.63) is 35.9 Å². The minimum Gasteiger partial charge on any atom is -0.382 e. The molecular weight excluding hydrogens is 457 g/mol. The third-order valence-electron chi connectivity index (χ3n) is 4.84. The van der Waals surface area contributed by atoms with Crippen molar-refractivity contribution in [2.24, 2.45) is 4.99 Å². The number of nitrogens with one attached hydrogen (secondary N) is 2. The summed E-state index contributed by atoms with van der Waals surface area (Å²) in [4.78, 5) is 4.35. The fourth-order valence-corrected chi connectivity index (χ4v) is 3.22. The van der Waals surface area contributed by atoms with Crippen molar-refractivity contribution < 1.29 is 14.2 Å². The van der Waals surface area contributed by atoms with E-state index >= 15 is 0 Å². The molecule has 2 rings (SSSR count). The van der Waals surface area contributed by atoms with Gasteiger partial charge in [0.2, 0.25) is 0 Å². The molecule has 0 amide bonds. The maximum atomic E-state index is 5.60. The van der Waals surface area contributed by atoms with Crippen molar-refractivity contribution in [3.8, 4) is 0 Å². The monoisotopic (exact) mass is 491 g/mol. The highest BCUT2D eigenvalue weighted by Gasteiger charge is 2.34. The molecule has 0 unspecified atom stereocenters. The molecule has 0 saturated carbocycles. The quantitative estimate of drug-likeness (QED) is 0.228. The number of benzene rings is 1. The summed E-state index contributed by atoms with van der Waals surface area (Å²) in [7, 11) is 3.49. The van der Waals surface area contributed by atoms with Crippen molar-refractivity contribution >= 4 is 29.9 Å². The van der Waals surface area contributed by atoms with Crippen LogP contribution in [-0.2, 0) is 19.6 Å². The van der Waals surface area contributed by atoms with Crippen LogP contribution in [0.1, 0.15) is 24.8 Å². The van der Waals surface area contributed by atoms with Crippen molar-refractivity contribution in [2.75, 3.05) is 60.3 Å². The summed E-state index contributed by atoms with van der Waals surface area (Å²) in [5, 5.41) is 6.88. The molecule has 1 heterocycles. The first-order valence-electron chi connectivity index (χ1n) is 9.45. The van der Waals surface area contributed by atoms with E-state index in [0.717, 1.165) is 58.1 Å². The van der Waals surface area contributed by atoms with E-state index in [2.05, 4.69) is 46.0 Å². The number of hydrogen-bond acceptors (Lipinski definition) is 4. The Kier molecular flexibility index (Phi) is 12.6. The molecule has 1 aliphatic rings. The third-order valence-corrected chi connectivity index (χ3v) is 4.84. The molecule has 7 heteroatoms. The van der Waals surface area contributed by atoms with E-state index in [0.29, 0.717) is 13.2 Å². The molecule has 0 spiro atoms. The minimum atomic E-state index is 0. The smallest absolute Gasteiger partial charge is 0.191 e. The second kappa shape index (κ2) is 14.1. The van der Waals surface area contributed by atoms with Gasteiger partial charge in [0.15, 0.2) is 5.96 Å². The summed E-state index contributed by atoms with van der Waals surface area (Å²) in [5.41, 5.74) is 1.47. The molecule has 0 aromatic heterocycles. The van der Waals surface area contributed by atoms with Gasteiger partial charge in [0, 0.05) is 52.5 Å². The Morgan fingerprint density at radius 1 is 1.11 bits per heavy atom. The van der Waals surface area contributed by atoms with Crippen LogP contribution in [0.25, 0.3) is 0 Å². The molecule has 0 bridgehead atoms. The second-order valence-electron chi connectivity index (χ2n) is 6.57. The van der Waals surface area contributed by atoms with Crippen LogP contribution in [0.2, 0.25) is 0 Å². The van der Waals surface area contributed by atoms with Gasteiger partial charge < -0.3 is 24.8 Å². The van der Waals surface area contributed by atoms with E-state index in [4.69, 9.17) is 14.2 Å². The van der Waals surface area contributed by atoms with Crippen LogP contribution in [0.3, 0.4) is 0 Å². The van der Waals surface area contributed by atoms with E-state index in [1.54, 1.807) is 7.11 Å². The lowest BCUT2D eigenvalue weighted by atomic mass is 9.74. The van der Waals surface area contributed by atoms with Crippen LogP contribution in [0.15, 0.2) is 35.3 Å². The first-order valence-corrected chi connectivity index (χ1v) is 9.45. The molecular formula is C20H34IN3O3. The number of ether oxygens (including phenoxy) is 3. The van der Waals surface area contributed by atoms with E-state index in [9.17, 15) is 0 Å². The Bertz CT molecular complexity index is 522. The lowest BCUT2D eigenvalue weighted by molar-refractivity contribution is 0.0513. The van der Waals surface area contributed by atoms with Gasteiger partial charge in [-0.2, -0.15) is 0 Å². The number of guanidine groups is 1. The van der Waals surface area contributed by atoms with Gasteiger partial charge in [0.25, 0.3) is 0 Å². The zero-order chi connectivity index (χ0) is 18.5.